The van der Waals surface area contributed by atoms with Crippen molar-refractivity contribution in [1.29, 1.82) is 0 Å². The van der Waals surface area contributed by atoms with Crippen LogP contribution in [0.4, 0.5) is 5.69 Å². The minimum Gasteiger partial charge on any atom is -0.354 e. The highest BCUT2D eigenvalue weighted by molar-refractivity contribution is 7.99. The lowest BCUT2D eigenvalue weighted by molar-refractivity contribution is -0.385. The van der Waals surface area contributed by atoms with Crippen molar-refractivity contribution in [3.63, 3.8) is 0 Å². The molecule has 0 fully saturated rings. The van der Waals surface area contributed by atoms with E-state index in [2.05, 4.69) is 10.3 Å². The predicted octanol–water partition coefficient (Wildman–Crippen LogP) is 0.157. The van der Waals surface area contributed by atoms with Crippen LogP contribution in [0.1, 0.15) is 0 Å². The largest absolute Gasteiger partial charge is 0.354 e. The van der Waals surface area contributed by atoms with Gasteiger partial charge in [-0.2, -0.15) is 0 Å². The van der Waals surface area contributed by atoms with E-state index < -0.39 is 4.92 Å². The SMILES string of the molecule is NCCNC(=O)CSc1ccc([N+](=O)[O-])cn1. The van der Waals surface area contributed by atoms with Crippen LogP contribution in [0.15, 0.2) is 23.4 Å². The molecule has 7 nitrogen and oxygen atoms in total. The van der Waals surface area contributed by atoms with E-state index in [-0.39, 0.29) is 17.3 Å². The maximum Gasteiger partial charge on any atom is 0.287 e. The molecule has 0 spiro atoms. The van der Waals surface area contributed by atoms with Crippen LogP contribution in [-0.4, -0.2) is 34.7 Å². The quantitative estimate of drug-likeness (QED) is 0.426. The summed E-state index contributed by atoms with van der Waals surface area (Å²) < 4.78 is 0. The lowest BCUT2D eigenvalue weighted by atomic mass is 10.4. The molecule has 3 N–H and O–H groups in total. The Balaban J connectivity index is 2.42. The lowest BCUT2D eigenvalue weighted by Crippen LogP contribution is -2.30. The van der Waals surface area contributed by atoms with Gasteiger partial charge in [0, 0.05) is 19.2 Å². The second-order valence-corrected chi connectivity index (χ2v) is 4.03. The zero-order valence-electron chi connectivity index (χ0n) is 8.96. The van der Waals surface area contributed by atoms with Crippen LogP contribution in [0.25, 0.3) is 0 Å². The summed E-state index contributed by atoms with van der Waals surface area (Å²) in [6, 6.07) is 2.87. The summed E-state index contributed by atoms with van der Waals surface area (Å²) in [5, 5.41) is 13.6. The number of pyridine rings is 1. The van der Waals surface area contributed by atoms with Crippen molar-refractivity contribution in [3.8, 4) is 0 Å². The van der Waals surface area contributed by atoms with Gasteiger partial charge in [0.2, 0.25) is 5.91 Å². The second kappa shape index (κ2) is 6.81. The summed E-state index contributed by atoms with van der Waals surface area (Å²) in [5.74, 6) is 0.0748. The van der Waals surface area contributed by atoms with Crippen LogP contribution >= 0.6 is 11.8 Å². The molecular weight excluding hydrogens is 244 g/mol. The molecule has 0 aliphatic heterocycles. The molecule has 1 aromatic rings. The topological polar surface area (TPSA) is 111 Å². The number of thioether (sulfide) groups is 1. The van der Waals surface area contributed by atoms with Gasteiger partial charge in [-0.15, -0.1) is 0 Å². The van der Waals surface area contributed by atoms with Crippen LogP contribution in [-0.2, 0) is 4.79 Å². The number of carbonyl (C=O) groups is 1. The van der Waals surface area contributed by atoms with Crippen molar-refractivity contribution in [2.45, 2.75) is 5.03 Å². The van der Waals surface area contributed by atoms with Gasteiger partial charge in [0.25, 0.3) is 5.69 Å². The molecule has 0 aliphatic carbocycles. The van der Waals surface area contributed by atoms with Crippen LogP contribution in [0.2, 0.25) is 0 Å². The van der Waals surface area contributed by atoms with Crippen LogP contribution in [0.5, 0.6) is 0 Å². The highest BCUT2D eigenvalue weighted by Gasteiger charge is 2.07. The number of hydrogen-bond donors (Lipinski definition) is 2. The Hall–Kier alpha value is -1.67. The number of rotatable bonds is 6. The Morgan fingerprint density at radius 2 is 2.35 bits per heavy atom. The molecule has 1 heterocycles. The summed E-state index contributed by atoms with van der Waals surface area (Å²) in [7, 11) is 0. The first-order valence-electron chi connectivity index (χ1n) is 4.83. The van der Waals surface area contributed by atoms with Gasteiger partial charge in [-0.1, -0.05) is 11.8 Å². The lowest BCUT2D eigenvalue weighted by Gasteiger charge is -2.02. The normalized spacial score (nSPS) is 9.94. The van der Waals surface area contributed by atoms with Crippen molar-refractivity contribution < 1.29 is 9.72 Å². The van der Waals surface area contributed by atoms with E-state index in [0.717, 1.165) is 0 Å². The van der Waals surface area contributed by atoms with E-state index in [1.807, 2.05) is 0 Å². The first-order chi connectivity index (χ1) is 8.13. The Morgan fingerprint density at radius 1 is 1.59 bits per heavy atom. The molecule has 8 heteroatoms. The Labute approximate surface area is 102 Å². The highest BCUT2D eigenvalue weighted by atomic mass is 32.2. The molecule has 0 atom stereocenters. The van der Waals surface area contributed by atoms with Crippen molar-refractivity contribution in [1.82, 2.24) is 10.3 Å². The summed E-state index contributed by atoms with van der Waals surface area (Å²) in [5.41, 5.74) is 5.16. The zero-order valence-corrected chi connectivity index (χ0v) is 9.77. The van der Waals surface area contributed by atoms with Crippen molar-refractivity contribution in [2.24, 2.45) is 5.73 Å². The highest BCUT2D eigenvalue weighted by Crippen LogP contribution is 2.17. The number of amides is 1. The minimum atomic E-state index is -0.518. The maximum atomic E-state index is 11.2. The molecule has 1 amide bonds. The molecule has 92 valence electrons. The summed E-state index contributed by atoms with van der Waals surface area (Å²) in [6.07, 6.45) is 1.17. The first kappa shape index (κ1) is 13.4. The number of nitro groups is 1. The second-order valence-electron chi connectivity index (χ2n) is 3.04. The summed E-state index contributed by atoms with van der Waals surface area (Å²) in [6.45, 7) is 0.833. The van der Waals surface area contributed by atoms with E-state index in [9.17, 15) is 14.9 Å². The van der Waals surface area contributed by atoms with Gasteiger partial charge in [-0.05, 0) is 6.07 Å². The maximum absolute atomic E-state index is 11.2. The predicted molar refractivity (Wildman–Crippen MR) is 63.7 cm³/mol. The molecule has 1 aromatic heterocycles. The number of carbonyl (C=O) groups excluding carboxylic acids is 1. The Morgan fingerprint density at radius 3 is 2.88 bits per heavy atom. The molecule has 0 aliphatic rings. The third-order valence-electron chi connectivity index (χ3n) is 1.75. The number of nitrogens with zero attached hydrogens (tertiary/aromatic N) is 2. The molecular formula is C9H12N4O3S. The fraction of sp³-hybridized carbons (Fsp3) is 0.333. The first-order valence-corrected chi connectivity index (χ1v) is 5.82. The van der Waals surface area contributed by atoms with Crippen molar-refractivity contribution in [2.75, 3.05) is 18.8 Å². The standard InChI is InChI=1S/C9H12N4O3S/c10-3-4-11-8(14)6-17-9-2-1-7(5-12-9)13(15)16/h1-2,5H,3-4,6,10H2,(H,11,14). The smallest absolute Gasteiger partial charge is 0.287 e. The Bertz CT molecular complexity index is 396. The molecule has 0 saturated carbocycles. The van der Waals surface area contributed by atoms with E-state index in [0.29, 0.717) is 18.1 Å². The number of hydrogen-bond acceptors (Lipinski definition) is 6. The van der Waals surface area contributed by atoms with Gasteiger partial charge in [-0.3, -0.25) is 14.9 Å². The molecule has 1 rings (SSSR count). The third-order valence-corrected chi connectivity index (χ3v) is 2.69. The van der Waals surface area contributed by atoms with E-state index >= 15 is 0 Å². The summed E-state index contributed by atoms with van der Waals surface area (Å²) >= 11 is 1.21. The van der Waals surface area contributed by atoms with Gasteiger partial charge in [0.05, 0.1) is 15.7 Å². The van der Waals surface area contributed by atoms with Gasteiger partial charge >= 0.3 is 0 Å². The van der Waals surface area contributed by atoms with Crippen LogP contribution in [0, 0.1) is 10.1 Å². The number of aromatic nitrogens is 1. The van der Waals surface area contributed by atoms with Crippen molar-refractivity contribution >= 4 is 23.4 Å². The minimum absolute atomic E-state index is 0.0677. The van der Waals surface area contributed by atoms with Gasteiger partial charge in [0.1, 0.15) is 6.20 Å². The zero-order chi connectivity index (χ0) is 12.7. The molecule has 0 saturated heterocycles. The fourth-order valence-electron chi connectivity index (χ4n) is 0.968. The van der Waals surface area contributed by atoms with Gasteiger partial charge < -0.3 is 11.1 Å². The van der Waals surface area contributed by atoms with E-state index in [1.165, 1.54) is 30.1 Å². The monoisotopic (exact) mass is 256 g/mol. The Kier molecular flexibility index (Phi) is 5.37. The van der Waals surface area contributed by atoms with Gasteiger partial charge in [0.15, 0.2) is 0 Å². The van der Waals surface area contributed by atoms with Crippen LogP contribution < -0.4 is 11.1 Å². The van der Waals surface area contributed by atoms with Crippen molar-refractivity contribution in [3.05, 3.63) is 28.4 Å². The molecule has 0 unspecified atom stereocenters. The molecule has 17 heavy (non-hydrogen) atoms. The van der Waals surface area contributed by atoms with E-state index in [4.69, 9.17) is 5.73 Å². The average molecular weight is 256 g/mol. The summed E-state index contributed by atoms with van der Waals surface area (Å²) in [4.78, 5) is 25.0. The third kappa shape index (κ3) is 4.79. The fourth-order valence-corrected chi connectivity index (χ4v) is 1.64. The molecule has 0 radical (unpaired) electrons. The van der Waals surface area contributed by atoms with E-state index in [1.54, 1.807) is 0 Å². The number of nitrogens with one attached hydrogen (secondary N) is 1. The van der Waals surface area contributed by atoms with Crippen LogP contribution in [0.3, 0.4) is 0 Å². The molecule has 0 aromatic carbocycles. The average Bonchev–Trinajstić information content (AvgIpc) is 2.34. The molecule has 0 bridgehead atoms. The number of nitrogens with two attached hydrogens (primary N) is 1. The van der Waals surface area contributed by atoms with Gasteiger partial charge in [-0.25, -0.2) is 4.98 Å².